The van der Waals surface area contributed by atoms with Gasteiger partial charge in [0, 0.05) is 6.07 Å². The first kappa shape index (κ1) is 14.1. The molecule has 0 amide bonds. The first-order valence-electron chi connectivity index (χ1n) is 4.21. The molecule has 1 aromatic rings. The molecule has 2 nitrogen and oxygen atoms in total. The van der Waals surface area contributed by atoms with Crippen molar-refractivity contribution in [3.8, 4) is 0 Å². The summed E-state index contributed by atoms with van der Waals surface area (Å²) >= 11 is 10.8. The van der Waals surface area contributed by atoms with Crippen LogP contribution in [0.2, 0.25) is 5.02 Å². The Labute approximate surface area is 104 Å². The summed E-state index contributed by atoms with van der Waals surface area (Å²) in [5.41, 5.74) is 3.53. The summed E-state index contributed by atoms with van der Waals surface area (Å²) in [7, 11) is 0. The second kappa shape index (κ2) is 5.10. The summed E-state index contributed by atoms with van der Waals surface area (Å²) in [6, 6.07) is 1.04. The van der Waals surface area contributed by atoms with Gasteiger partial charge in [0.05, 0.1) is 22.2 Å². The van der Waals surface area contributed by atoms with Crippen LogP contribution in [0.5, 0.6) is 0 Å². The van der Waals surface area contributed by atoms with Crippen molar-refractivity contribution in [3.63, 3.8) is 0 Å². The predicted molar refractivity (Wildman–Crippen MR) is 58.4 cm³/mol. The Morgan fingerprint density at radius 2 is 1.94 bits per heavy atom. The van der Waals surface area contributed by atoms with Gasteiger partial charge in [-0.1, -0.05) is 11.6 Å². The fourth-order valence-electron chi connectivity index (χ4n) is 1.05. The van der Waals surface area contributed by atoms with Crippen molar-refractivity contribution < 1.29 is 17.6 Å². The summed E-state index contributed by atoms with van der Waals surface area (Å²) in [4.78, 5) is 3.50. The van der Waals surface area contributed by atoms with Gasteiger partial charge in [-0.2, -0.15) is 13.2 Å². The van der Waals surface area contributed by atoms with Gasteiger partial charge in [0.15, 0.2) is 0 Å². The number of aliphatic imine (C=N–C) groups is 1. The third-order valence-corrected chi connectivity index (χ3v) is 2.40. The Hall–Kier alpha value is -1.01. The van der Waals surface area contributed by atoms with Gasteiger partial charge in [0.25, 0.3) is 0 Å². The van der Waals surface area contributed by atoms with E-state index in [-0.39, 0.29) is 17.8 Å². The maximum Gasteiger partial charge on any atom is 0.418 e. The van der Waals surface area contributed by atoms with Crippen LogP contribution in [-0.4, -0.2) is 11.7 Å². The lowest BCUT2D eigenvalue weighted by Crippen LogP contribution is -2.13. The normalized spacial score (nSPS) is 12.9. The summed E-state index contributed by atoms with van der Waals surface area (Å²) in [6.07, 6.45) is -4.76. The molecule has 2 N–H and O–H groups in total. The molecule has 0 aliphatic heterocycles. The fraction of sp³-hybridized carbons (Fsp3) is 0.222. The first-order chi connectivity index (χ1) is 7.75. The van der Waals surface area contributed by atoms with Crippen LogP contribution in [0.4, 0.5) is 23.2 Å². The maximum absolute atomic E-state index is 13.0. The molecule has 0 aliphatic carbocycles. The minimum absolute atomic E-state index is 0.160. The van der Waals surface area contributed by atoms with Gasteiger partial charge in [0.1, 0.15) is 11.7 Å². The van der Waals surface area contributed by atoms with E-state index in [4.69, 9.17) is 28.9 Å². The number of hydrogen-bond donors (Lipinski definition) is 1. The molecule has 0 aliphatic rings. The summed E-state index contributed by atoms with van der Waals surface area (Å²) in [5, 5.41) is -0.716. The first-order valence-corrected chi connectivity index (χ1v) is 5.12. The van der Waals surface area contributed by atoms with Crippen molar-refractivity contribution in [2.45, 2.75) is 6.18 Å². The molecule has 1 rings (SSSR count). The predicted octanol–water partition coefficient (Wildman–Crippen LogP) is 3.73. The Balaban J connectivity index is 3.39. The van der Waals surface area contributed by atoms with E-state index in [0.29, 0.717) is 0 Å². The molecule has 0 saturated heterocycles. The minimum atomic E-state index is -4.76. The quantitative estimate of drug-likeness (QED) is 0.383. The molecule has 0 bridgehead atoms. The molecule has 1 aromatic carbocycles. The number of halogens is 6. The van der Waals surface area contributed by atoms with E-state index in [1.807, 2.05) is 0 Å². The van der Waals surface area contributed by atoms with Crippen molar-refractivity contribution in [3.05, 3.63) is 28.5 Å². The molecule has 0 atom stereocenters. The second-order valence-electron chi connectivity index (χ2n) is 3.02. The zero-order valence-corrected chi connectivity index (χ0v) is 9.67. The molecule has 0 radical (unpaired) electrons. The minimum Gasteiger partial charge on any atom is -0.386 e. The van der Waals surface area contributed by atoms with E-state index < -0.39 is 28.3 Å². The van der Waals surface area contributed by atoms with Gasteiger partial charge in [-0.3, -0.25) is 0 Å². The second-order valence-corrected chi connectivity index (χ2v) is 3.67. The lowest BCUT2D eigenvalue weighted by Gasteiger charge is -2.10. The molecule has 17 heavy (non-hydrogen) atoms. The van der Waals surface area contributed by atoms with Crippen LogP contribution < -0.4 is 5.73 Å². The molecule has 94 valence electrons. The van der Waals surface area contributed by atoms with Crippen LogP contribution >= 0.6 is 23.2 Å². The molecule has 0 aromatic heterocycles. The van der Waals surface area contributed by atoms with Crippen LogP contribution in [0.3, 0.4) is 0 Å². The van der Waals surface area contributed by atoms with Crippen LogP contribution in [0.25, 0.3) is 0 Å². The van der Waals surface area contributed by atoms with E-state index in [0.717, 1.165) is 6.07 Å². The molecular formula is C9H6Cl2F4N2. The monoisotopic (exact) mass is 288 g/mol. The van der Waals surface area contributed by atoms with Crippen molar-refractivity contribution in [2.75, 3.05) is 5.88 Å². The van der Waals surface area contributed by atoms with Crippen molar-refractivity contribution in [2.24, 2.45) is 10.7 Å². The smallest absolute Gasteiger partial charge is 0.386 e. The molecule has 0 heterocycles. The number of rotatable bonds is 2. The number of hydrogen-bond acceptors (Lipinski definition) is 1. The van der Waals surface area contributed by atoms with Crippen LogP contribution in [0.15, 0.2) is 17.1 Å². The van der Waals surface area contributed by atoms with E-state index in [2.05, 4.69) is 4.99 Å². The lowest BCUT2D eigenvalue weighted by molar-refractivity contribution is -0.137. The van der Waals surface area contributed by atoms with Crippen LogP contribution in [0.1, 0.15) is 5.56 Å². The summed E-state index contributed by atoms with van der Waals surface area (Å²) < 4.78 is 50.4. The number of alkyl halides is 4. The average Bonchev–Trinajstić information content (AvgIpc) is 2.21. The molecule has 0 unspecified atom stereocenters. The molecule has 0 fully saturated rings. The van der Waals surface area contributed by atoms with E-state index in [9.17, 15) is 17.6 Å². The standard InChI is InChI=1S/C9H6Cl2F4N2/c10-3-7(16)17-6-2-4(12)1-5(8(6)11)9(13,14)15/h1-2H,3H2,(H2,16,17). The highest BCUT2D eigenvalue weighted by Crippen LogP contribution is 2.40. The van der Waals surface area contributed by atoms with Crippen molar-refractivity contribution >= 4 is 34.7 Å². The molecule has 0 spiro atoms. The third kappa shape index (κ3) is 3.47. The molecule has 8 heteroatoms. The zero-order valence-electron chi connectivity index (χ0n) is 8.15. The van der Waals surface area contributed by atoms with Crippen LogP contribution in [-0.2, 0) is 6.18 Å². The largest absolute Gasteiger partial charge is 0.418 e. The van der Waals surface area contributed by atoms with E-state index in [1.165, 1.54) is 0 Å². The van der Waals surface area contributed by atoms with Gasteiger partial charge >= 0.3 is 6.18 Å². The number of amidine groups is 1. The van der Waals surface area contributed by atoms with Crippen LogP contribution in [0, 0.1) is 5.82 Å². The average molecular weight is 289 g/mol. The highest BCUT2D eigenvalue weighted by atomic mass is 35.5. The molecule has 0 saturated carbocycles. The summed E-state index contributed by atoms with van der Waals surface area (Å²) in [5.74, 6) is -1.47. The Bertz CT molecular complexity index is 457. The maximum atomic E-state index is 13.0. The SMILES string of the molecule is NC(CCl)=Nc1cc(F)cc(C(F)(F)F)c1Cl. The highest BCUT2D eigenvalue weighted by Gasteiger charge is 2.34. The van der Waals surface area contributed by atoms with Gasteiger partial charge in [0.2, 0.25) is 0 Å². The van der Waals surface area contributed by atoms with Gasteiger partial charge in [-0.25, -0.2) is 9.38 Å². The van der Waals surface area contributed by atoms with Gasteiger partial charge < -0.3 is 5.73 Å². The zero-order chi connectivity index (χ0) is 13.2. The summed E-state index contributed by atoms with van der Waals surface area (Å²) in [6.45, 7) is 0. The van der Waals surface area contributed by atoms with Crippen molar-refractivity contribution in [1.29, 1.82) is 0 Å². The number of benzene rings is 1. The fourth-order valence-corrected chi connectivity index (χ4v) is 1.37. The Morgan fingerprint density at radius 3 is 2.41 bits per heavy atom. The Morgan fingerprint density at radius 1 is 1.35 bits per heavy atom. The highest BCUT2D eigenvalue weighted by molar-refractivity contribution is 6.34. The topological polar surface area (TPSA) is 38.4 Å². The van der Waals surface area contributed by atoms with Gasteiger partial charge in [-0.15, -0.1) is 11.6 Å². The lowest BCUT2D eigenvalue weighted by atomic mass is 10.2. The van der Waals surface area contributed by atoms with Crippen molar-refractivity contribution in [1.82, 2.24) is 0 Å². The third-order valence-electron chi connectivity index (χ3n) is 1.72. The van der Waals surface area contributed by atoms with Gasteiger partial charge in [-0.05, 0) is 6.07 Å². The number of nitrogens with zero attached hydrogens (tertiary/aromatic N) is 1. The van der Waals surface area contributed by atoms with E-state index >= 15 is 0 Å². The Kier molecular flexibility index (Phi) is 4.21. The number of nitrogens with two attached hydrogens (primary N) is 1. The van der Waals surface area contributed by atoms with E-state index in [1.54, 1.807) is 0 Å². The molecular weight excluding hydrogens is 283 g/mol.